The van der Waals surface area contributed by atoms with Gasteiger partial charge >= 0.3 is 0 Å². The van der Waals surface area contributed by atoms with E-state index < -0.39 is 0 Å². The first-order valence-corrected chi connectivity index (χ1v) is 11.0. The van der Waals surface area contributed by atoms with Gasteiger partial charge < -0.3 is 24.9 Å². The summed E-state index contributed by atoms with van der Waals surface area (Å²) < 4.78 is 5.63. The number of rotatable bonds is 8. The van der Waals surface area contributed by atoms with Gasteiger partial charge in [0.2, 0.25) is 5.89 Å². The Bertz CT molecular complexity index is 792. The molecule has 2 aromatic rings. The molecule has 7 heteroatoms. The Balaban J connectivity index is 1.40. The van der Waals surface area contributed by atoms with Gasteiger partial charge in [0.15, 0.2) is 5.96 Å². The first-order valence-electron chi connectivity index (χ1n) is 11.0. The number of hydrogen-bond donors (Lipinski definition) is 2. The first-order chi connectivity index (χ1) is 14.6. The van der Waals surface area contributed by atoms with Crippen molar-refractivity contribution in [3.8, 4) is 11.5 Å². The van der Waals surface area contributed by atoms with Gasteiger partial charge in [0.1, 0.15) is 6.26 Å². The molecule has 0 amide bonds. The number of aryl methyl sites for hydroxylation is 1. The maximum Gasteiger partial charge on any atom is 0.226 e. The SMILES string of the molecule is CCN1CCN(CC(C)CNC(=NC)NCc2coc(-c3ccc(C)cc3)n2)CC1. The standard InChI is InChI=1S/C23H36N6O/c1-5-28-10-12-29(13-11-28)16-19(3)14-25-23(24-4)26-15-21-17-30-22(27-21)20-8-6-18(2)7-9-20/h6-9,17,19H,5,10-16H2,1-4H3,(H2,24,25,26). The number of guanidine groups is 1. The van der Waals surface area contributed by atoms with E-state index in [1.54, 1.807) is 13.3 Å². The maximum absolute atomic E-state index is 5.63. The average molecular weight is 413 g/mol. The van der Waals surface area contributed by atoms with E-state index in [0.717, 1.165) is 36.9 Å². The van der Waals surface area contributed by atoms with Crippen LogP contribution in [0.3, 0.4) is 0 Å². The van der Waals surface area contributed by atoms with E-state index in [0.29, 0.717) is 18.4 Å². The molecule has 1 unspecified atom stereocenters. The van der Waals surface area contributed by atoms with Crippen molar-refractivity contribution in [3.63, 3.8) is 0 Å². The second kappa shape index (κ2) is 11.1. The van der Waals surface area contributed by atoms with Crippen LogP contribution in [0.1, 0.15) is 25.1 Å². The van der Waals surface area contributed by atoms with Crippen LogP contribution in [0.15, 0.2) is 39.9 Å². The molecule has 0 saturated carbocycles. The van der Waals surface area contributed by atoms with E-state index in [-0.39, 0.29) is 0 Å². The molecule has 1 aromatic heterocycles. The largest absolute Gasteiger partial charge is 0.444 e. The molecule has 2 heterocycles. The summed E-state index contributed by atoms with van der Waals surface area (Å²) in [5, 5.41) is 6.77. The van der Waals surface area contributed by atoms with E-state index >= 15 is 0 Å². The fourth-order valence-electron chi connectivity index (χ4n) is 3.68. The topological polar surface area (TPSA) is 68.9 Å². The van der Waals surface area contributed by atoms with Crippen LogP contribution in [-0.2, 0) is 6.54 Å². The second-order valence-corrected chi connectivity index (χ2v) is 8.16. The summed E-state index contributed by atoms with van der Waals surface area (Å²) in [4.78, 5) is 14.0. The number of likely N-dealkylation sites (N-methyl/N-ethyl adjacent to an activating group) is 1. The monoisotopic (exact) mass is 412 g/mol. The van der Waals surface area contributed by atoms with Gasteiger partial charge in [-0.1, -0.05) is 31.5 Å². The molecule has 1 aliphatic heterocycles. The lowest BCUT2D eigenvalue weighted by molar-refractivity contribution is 0.124. The molecule has 0 radical (unpaired) electrons. The molecule has 1 saturated heterocycles. The van der Waals surface area contributed by atoms with Crippen molar-refractivity contribution in [1.29, 1.82) is 0 Å². The third-order valence-electron chi connectivity index (χ3n) is 5.61. The molecule has 164 valence electrons. The quantitative estimate of drug-likeness (QED) is 0.513. The van der Waals surface area contributed by atoms with Crippen LogP contribution in [0.5, 0.6) is 0 Å². The van der Waals surface area contributed by atoms with Crippen molar-refractivity contribution in [2.45, 2.75) is 27.3 Å². The van der Waals surface area contributed by atoms with Crippen LogP contribution in [0.4, 0.5) is 0 Å². The van der Waals surface area contributed by atoms with Gasteiger partial charge in [0.05, 0.1) is 12.2 Å². The highest BCUT2D eigenvalue weighted by Gasteiger charge is 2.17. The molecular weight excluding hydrogens is 376 g/mol. The highest BCUT2D eigenvalue weighted by atomic mass is 16.3. The maximum atomic E-state index is 5.63. The van der Waals surface area contributed by atoms with Crippen LogP contribution in [-0.4, -0.2) is 73.6 Å². The Labute approximate surface area is 180 Å². The van der Waals surface area contributed by atoms with E-state index in [1.807, 2.05) is 12.1 Å². The molecule has 1 atom stereocenters. The highest BCUT2D eigenvalue weighted by molar-refractivity contribution is 5.79. The van der Waals surface area contributed by atoms with Gasteiger partial charge in [0, 0.05) is 51.9 Å². The third-order valence-corrected chi connectivity index (χ3v) is 5.61. The minimum absolute atomic E-state index is 0.553. The number of hydrogen-bond acceptors (Lipinski definition) is 5. The van der Waals surface area contributed by atoms with Crippen molar-refractivity contribution in [2.75, 3.05) is 52.9 Å². The van der Waals surface area contributed by atoms with Crippen LogP contribution in [0.25, 0.3) is 11.5 Å². The molecule has 3 rings (SSSR count). The summed E-state index contributed by atoms with van der Waals surface area (Å²) in [7, 11) is 1.80. The minimum Gasteiger partial charge on any atom is -0.444 e. The summed E-state index contributed by atoms with van der Waals surface area (Å²) in [6.07, 6.45) is 1.70. The first kappa shape index (κ1) is 22.3. The Morgan fingerprint density at radius 2 is 1.83 bits per heavy atom. The minimum atomic E-state index is 0.553. The number of benzene rings is 1. The molecule has 30 heavy (non-hydrogen) atoms. The van der Waals surface area contributed by atoms with Gasteiger partial charge in [-0.25, -0.2) is 4.98 Å². The lowest BCUT2D eigenvalue weighted by atomic mass is 10.1. The van der Waals surface area contributed by atoms with Crippen LogP contribution >= 0.6 is 0 Å². The van der Waals surface area contributed by atoms with E-state index in [2.05, 4.69) is 63.3 Å². The smallest absolute Gasteiger partial charge is 0.226 e. The molecule has 1 fully saturated rings. The molecule has 0 bridgehead atoms. The number of nitrogens with one attached hydrogen (secondary N) is 2. The van der Waals surface area contributed by atoms with Gasteiger partial charge in [-0.2, -0.15) is 0 Å². The number of aromatic nitrogens is 1. The molecule has 0 spiro atoms. The molecule has 1 aromatic carbocycles. The van der Waals surface area contributed by atoms with Crippen molar-refractivity contribution in [2.24, 2.45) is 10.9 Å². The van der Waals surface area contributed by atoms with E-state index in [9.17, 15) is 0 Å². The van der Waals surface area contributed by atoms with Crippen LogP contribution in [0, 0.1) is 12.8 Å². The summed E-state index contributed by atoms with van der Waals surface area (Å²) in [6, 6.07) is 8.19. The van der Waals surface area contributed by atoms with Crippen molar-refractivity contribution < 1.29 is 4.42 Å². The Morgan fingerprint density at radius 1 is 1.13 bits per heavy atom. The molecule has 0 aliphatic carbocycles. The lowest BCUT2D eigenvalue weighted by Gasteiger charge is -2.35. The van der Waals surface area contributed by atoms with Gasteiger partial charge in [-0.3, -0.25) is 4.99 Å². The van der Waals surface area contributed by atoms with Crippen molar-refractivity contribution in [1.82, 2.24) is 25.4 Å². The summed E-state index contributed by atoms with van der Waals surface area (Å²) in [5.74, 6) is 1.99. The van der Waals surface area contributed by atoms with E-state index in [4.69, 9.17) is 4.42 Å². The summed E-state index contributed by atoms with van der Waals surface area (Å²) >= 11 is 0. The molecule has 7 nitrogen and oxygen atoms in total. The zero-order valence-electron chi connectivity index (χ0n) is 18.8. The van der Waals surface area contributed by atoms with Crippen molar-refractivity contribution in [3.05, 3.63) is 41.8 Å². The van der Waals surface area contributed by atoms with Gasteiger partial charge in [-0.15, -0.1) is 0 Å². The fourth-order valence-corrected chi connectivity index (χ4v) is 3.68. The Kier molecular flexibility index (Phi) is 8.28. The molecular formula is C23H36N6O. The number of oxazole rings is 1. The third kappa shape index (κ3) is 6.57. The van der Waals surface area contributed by atoms with Crippen LogP contribution < -0.4 is 10.6 Å². The molecule has 2 N–H and O–H groups in total. The van der Waals surface area contributed by atoms with Crippen molar-refractivity contribution >= 4 is 5.96 Å². The van der Waals surface area contributed by atoms with E-state index in [1.165, 1.54) is 31.7 Å². The van der Waals surface area contributed by atoms with Gasteiger partial charge in [0.25, 0.3) is 0 Å². The predicted octanol–water partition coefficient (Wildman–Crippen LogP) is 2.59. The normalized spacial score (nSPS) is 17.1. The molecule has 1 aliphatic rings. The second-order valence-electron chi connectivity index (χ2n) is 8.16. The number of nitrogens with zero attached hydrogens (tertiary/aromatic N) is 4. The van der Waals surface area contributed by atoms with Crippen LogP contribution in [0.2, 0.25) is 0 Å². The summed E-state index contributed by atoms with van der Waals surface area (Å²) in [6.45, 7) is 15.0. The number of piperazine rings is 1. The Hall–Kier alpha value is -2.38. The summed E-state index contributed by atoms with van der Waals surface area (Å²) in [5.41, 5.74) is 3.07. The zero-order chi connectivity index (χ0) is 21.3. The zero-order valence-corrected chi connectivity index (χ0v) is 18.8. The average Bonchev–Trinajstić information content (AvgIpc) is 3.24. The fraction of sp³-hybridized carbons (Fsp3) is 0.565. The highest BCUT2D eigenvalue weighted by Crippen LogP contribution is 2.19. The Morgan fingerprint density at radius 3 is 2.50 bits per heavy atom. The lowest BCUT2D eigenvalue weighted by Crippen LogP contribution is -2.48. The number of aliphatic imine (C=N–C) groups is 1. The van der Waals surface area contributed by atoms with Gasteiger partial charge in [-0.05, 0) is 31.5 Å². The predicted molar refractivity (Wildman–Crippen MR) is 123 cm³/mol.